The van der Waals surface area contributed by atoms with Gasteiger partial charge in [0.05, 0.1) is 42.1 Å². The molecule has 0 bridgehead atoms. The highest BCUT2D eigenvalue weighted by Gasteiger charge is 2.43. The number of rotatable bonds is 13. The van der Waals surface area contributed by atoms with E-state index in [9.17, 15) is 23.1 Å². The largest absolute Gasteiger partial charge is 0.389 e. The first-order valence-electron chi connectivity index (χ1n) is 15.2. The maximum absolute atomic E-state index is 13.5. The SMILES string of the molecule is CC(C)CCN(C[C@@H](O)[C@H](CC1CCCCC1)NC(=O)C1(N)CCCS(=O)(=O)C1)C(=O)NC(C)(C)Cn1ccnc1. The maximum atomic E-state index is 13.5. The van der Waals surface area contributed by atoms with Crippen LogP contribution < -0.4 is 16.4 Å². The van der Waals surface area contributed by atoms with Crippen molar-refractivity contribution in [1.82, 2.24) is 25.1 Å². The van der Waals surface area contributed by atoms with Crippen molar-refractivity contribution >= 4 is 21.8 Å². The van der Waals surface area contributed by atoms with Crippen LogP contribution in [0.2, 0.25) is 0 Å². The molecule has 41 heavy (non-hydrogen) atoms. The van der Waals surface area contributed by atoms with Crippen LogP contribution >= 0.6 is 0 Å². The van der Waals surface area contributed by atoms with E-state index in [-0.39, 0.29) is 24.7 Å². The zero-order valence-electron chi connectivity index (χ0n) is 25.3. The van der Waals surface area contributed by atoms with E-state index in [0.29, 0.717) is 37.8 Å². The minimum atomic E-state index is -3.42. The number of carbonyl (C=O) groups is 2. The van der Waals surface area contributed by atoms with Crippen LogP contribution in [0.5, 0.6) is 0 Å². The molecule has 1 saturated carbocycles. The highest BCUT2D eigenvalue weighted by Crippen LogP contribution is 2.29. The molecule has 2 fully saturated rings. The zero-order chi connectivity index (χ0) is 30.3. The summed E-state index contributed by atoms with van der Waals surface area (Å²) in [6, 6.07) is -0.935. The number of hydrogen-bond donors (Lipinski definition) is 4. The van der Waals surface area contributed by atoms with Gasteiger partial charge in [-0.05, 0) is 51.4 Å². The number of aliphatic hydroxyl groups is 1. The van der Waals surface area contributed by atoms with Gasteiger partial charge in [0.2, 0.25) is 5.91 Å². The van der Waals surface area contributed by atoms with E-state index in [2.05, 4.69) is 29.5 Å². The summed E-state index contributed by atoms with van der Waals surface area (Å²) in [7, 11) is -3.42. The summed E-state index contributed by atoms with van der Waals surface area (Å²) in [4.78, 5) is 32.7. The average Bonchev–Trinajstić information content (AvgIpc) is 3.37. The first kappa shape index (κ1) is 33.3. The standard InChI is InChI=1S/C29H52N6O5S/c1-22(2)11-14-35(27(38)33-28(3,4)19-34-15-13-31-21-34)18-25(36)24(17-23-9-6-5-7-10-23)32-26(37)29(30)12-8-16-41(39,40)20-29/h13,15,21-25,36H,5-12,14,16-20,30H2,1-4H3,(H,32,37)(H,33,38)/t24-,25+,29?/m0/s1. The Morgan fingerprint density at radius 2 is 1.93 bits per heavy atom. The number of sulfone groups is 1. The van der Waals surface area contributed by atoms with Crippen LogP contribution in [0.1, 0.15) is 85.5 Å². The number of nitrogens with two attached hydrogens (primary N) is 1. The molecule has 2 heterocycles. The predicted octanol–water partition coefficient (Wildman–Crippen LogP) is 2.44. The van der Waals surface area contributed by atoms with Crippen molar-refractivity contribution in [3.63, 3.8) is 0 Å². The highest BCUT2D eigenvalue weighted by molar-refractivity contribution is 7.91. The number of carbonyl (C=O) groups excluding carboxylic acids is 2. The van der Waals surface area contributed by atoms with Gasteiger partial charge in [-0.2, -0.15) is 0 Å². The molecular formula is C29H52N6O5S. The summed E-state index contributed by atoms with van der Waals surface area (Å²) >= 11 is 0. The second-order valence-corrected chi connectivity index (χ2v) is 15.6. The second kappa shape index (κ2) is 14.3. The average molecular weight is 597 g/mol. The van der Waals surface area contributed by atoms with Gasteiger partial charge < -0.3 is 30.9 Å². The number of hydrogen-bond acceptors (Lipinski definition) is 7. The Kier molecular flexibility index (Phi) is 11.6. The Labute approximate surface area is 245 Å². The Balaban J connectivity index is 1.75. The van der Waals surface area contributed by atoms with Gasteiger partial charge in [0.1, 0.15) is 5.54 Å². The molecule has 3 rings (SSSR count). The van der Waals surface area contributed by atoms with Crippen LogP contribution in [0, 0.1) is 11.8 Å². The molecule has 5 N–H and O–H groups in total. The summed E-state index contributed by atoms with van der Waals surface area (Å²) in [5.74, 6) is -0.221. The van der Waals surface area contributed by atoms with Gasteiger partial charge in [0.25, 0.3) is 0 Å². The van der Waals surface area contributed by atoms with Crippen LogP contribution in [0.25, 0.3) is 0 Å². The number of aromatic nitrogens is 2. The van der Waals surface area contributed by atoms with E-state index >= 15 is 0 Å². The molecule has 11 nitrogen and oxygen atoms in total. The molecule has 1 aromatic heterocycles. The topological polar surface area (TPSA) is 160 Å². The fourth-order valence-corrected chi connectivity index (χ4v) is 7.81. The van der Waals surface area contributed by atoms with Gasteiger partial charge in [-0.15, -0.1) is 0 Å². The van der Waals surface area contributed by atoms with Crippen molar-refractivity contribution in [2.24, 2.45) is 17.6 Å². The molecule has 1 unspecified atom stereocenters. The van der Waals surface area contributed by atoms with Crippen molar-refractivity contribution in [3.8, 4) is 0 Å². The minimum absolute atomic E-state index is 0.0322. The van der Waals surface area contributed by atoms with E-state index in [4.69, 9.17) is 5.73 Å². The van der Waals surface area contributed by atoms with Crippen molar-refractivity contribution in [3.05, 3.63) is 18.7 Å². The lowest BCUT2D eigenvalue weighted by Crippen LogP contribution is -2.63. The quantitative estimate of drug-likeness (QED) is 0.272. The van der Waals surface area contributed by atoms with Crippen LogP contribution in [-0.2, 0) is 21.2 Å². The maximum Gasteiger partial charge on any atom is 0.317 e. The van der Waals surface area contributed by atoms with Gasteiger partial charge in [0, 0.05) is 25.5 Å². The number of aliphatic hydroxyl groups excluding tert-OH is 1. The third-order valence-electron chi connectivity index (χ3n) is 8.35. The van der Waals surface area contributed by atoms with Crippen LogP contribution in [0.4, 0.5) is 4.79 Å². The van der Waals surface area contributed by atoms with Crippen molar-refractivity contribution in [2.45, 2.75) is 115 Å². The van der Waals surface area contributed by atoms with E-state index < -0.39 is 44.7 Å². The number of urea groups is 1. The first-order chi connectivity index (χ1) is 19.2. The van der Waals surface area contributed by atoms with E-state index in [1.807, 2.05) is 24.6 Å². The fraction of sp³-hybridized carbons (Fsp3) is 0.828. The third-order valence-corrected chi connectivity index (χ3v) is 10.2. The Bertz CT molecular complexity index is 1090. The molecule has 0 spiro atoms. The summed E-state index contributed by atoms with van der Waals surface area (Å²) in [5, 5.41) is 17.6. The monoisotopic (exact) mass is 596 g/mol. The molecule has 1 saturated heterocycles. The zero-order valence-corrected chi connectivity index (χ0v) is 26.2. The van der Waals surface area contributed by atoms with Gasteiger partial charge in [0.15, 0.2) is 9.84 Å². The number of nitrogens with one attached hydrogen (secondary N) is 2. The van der Waals surface area contributed by atoms with E-state index in [1.165, 1.54) is 6.42 Å². The lowest BCUT2D eigenvalue weighted by atomic mass is 9.83. The van der Waals surface area contributed by atoms with Crippen LogP contribution in [-0.4, -0.2) is 87.7 Å². The summed E-state index contributed by atoms with van der Waals surface area (Å²) in [6.45, 7) is 9.06. The van der Waals surface area contributed by atoms with Gasteiger partial charge in [-0.25, -0.2) is 18.2 Å². The Morgan fingerprint density at radius 1 is 1.22 bits per heavy atom. The number of imidazole rings is 1. The molecule has 0 radical (unpaired) electrons. The summed E-state index contributed by atoms with van der Waals surface area (Å²) in [6.07, 6.45) is 11.5. The normalized spacial score (nSPS) is 23.1. The molecule has 1 aliphatic heterocycles. The molecule has 234 valence electrons. The minimum Gasteiger partial charge on any atom is -0.389 e. The van der Waals surface area contributed by atoms with Gasteiger partial charge in [-0.1, -0.05) is 46.0 Å². The molecule has 2 aliphatic rings. The summed E-state index contributed by atoms with van der Waals surface area (Å²) < 4.78 is 26.5. The first-order valence-corrected chi connectivity index (χ1v) is 17.0. The van der Waals surface area contributed by atoms with Crippen molar-refractivity contribution < 1.29 is 23.1 Å². The number of nitrogens with zero attached hydrogens (tertiary/aromatic N) is 3. The molecular weight excluding hydrogens is 544 g/mol. The Hall–Kier alpha value is -2.18. The summed E-state index contributed by atoms with van der Waals surface area (Å²) in [5.41, 5.74) is 4.26. The number of amides is 3. The van der Waals surface area contributed by atoms with Gasteiger partial charge in [-0.3, -0.25) is 4.79 Å². The lowest BCUT2D eigenvalue weighted by Gasteiger charge is -2.37. The molecule has 1 aliphatic carbocycles. The highest BCUT2D eigenvalue weighted by atomic mass is 32.2. The second-order valence-electron chi connectivity index (χ2n) is 13.4. The van der Waals surface area contributed by atoms with Gasteiger partial charge >= 0.3 is 6.03 Å². The molecule has 12 heteroatoms. The van der Waals surface area contributed by atoms with Crippen LogP contribution in [0.15, 0.2) is 18.7 Å². The Morgan fingerprint density at radius 3 is 2.54 bits per heavy atom. The van der Waals surface area contributed by atoms with E-state index in [1.54, 1.807) is 17.4 Å². The van der Waals surface area contributed by atoms with Crippen molar-refractivity contribution in [1.29, 1.82) is 0 Å². The molecule has 0 aromatic carbocycles. The smallest absolute Gasteiger partial charge is 0.317 e. The third kappa shape index (κ3) is 10.6. The van der Waals surface area contributed by atoms with Crippen LogP contribution in [0.3, 0.4) is 0 Å². The fourth-order valence-electron chi connectivity index (χ4n) is 6.02. The van der Waals surface area contributed by atoms with Crippen molar-refractivity contribution in [2.75, 3.05) is 24.6 Å². The lowest BCUT2D eigenvalue weighted by molar-refractivity contribution is -0.128. The predicted molar refractivity (Wildman–Crippen MR) is 160 cm³/mol. The molecule has 3 amide bonds. The molecule has 3 atom stereocenters. The molecule has 1 aromatic rings. The van der Waals surface area contributed by atoms with E-state index in [0.717, 1.165) is 32.1 Å².